The molecule has 0 N–H and O–H groups in total. The van der Waals surface area contributed by atoms with Gasteiger partial charge in [-0.05, 0) is 27.7 Å². The van der Waals surface area contributed by atoms with E-state index in [1.165, 1.54) is 0 Å². The topological polar surface area (TPSA) is 44.2 Å². The van der Waals surface area contributed by atoms with Gasteiger partial charge < -0.3 is 9.31 Å². The average molecular weight is 294 g/mol. The van der Waals surface area contributed by atoms with Crippen LogP contribution in [0, 0.1) is 0 Å². The van der Waals surface area contributed by atoms with E-state index >= 15 is 0 Å². The van der Waals surface area contributed by atoms with E-state index in [2.05, 4.69) is 37.7 Å². The molecule has 2 aromatic rings. The molecule has 1 aliphatic heterocycles. The fraction of sp³-hybridized carbons (Fsp3) is 0.500. The molecule has 0 unspecified atom stereocenters. The maximum Gasteiger partial charge on any atom is 0.507 e. The van der Waals surface area contributed by atoms with Gasteiger partial charge in [0.15, 0.2) is 0 Å². The Morgan fingerprint density at radius 2 is 1.79 bits per heavy atom. The highest BCUT2D eigenvalue weighted by Gasteiger charge is 2.52. The molecule has 1 saturated heterocycles. The molecule has 7 heteroatoms. The Bertz CT molecular complexity index is 564. The highest BCUT2D eigenvalue weighted by Crippen LogP contribution is 2.37. The molecule has 0 atom stereocenters. The molecule has 1 fully saturated rings. The van der Waals surface area contributed by atoms with Crippen molar-refractivity contribution < 1.29 is 9.31 Å². The van der Waals surface area contributed by atoms with Crippen LogP contribution >= 0.6 is 22.7 Å². The van der Waals surface area contributed by atoms with E-state index < -0.39 is 0 Å². The van der Waals surface area contributed by atoms with Crippen LogP contribution in [-0.4, -0.2) is 28.3 Å². The number of hydrogen-bond donors (Lipinski definition) is 0. The van der Waals surface area contributed by atoms with Gasteiger partial charge in [-0.1, -0.05) is 0 Å². The first-order valence-corrected chi connectivity index (χ1v) is 7.79. The second-order valence-electron chi connectivity index (χ2n) is 5.52. The van der Waals surface area contributed by atoms with Gasteiger partial charge in [0.1, 0.15) is 5.01 Å². The van der Waals surface area contributed by atoms with E-state index in [1.807, 2.05) is 17.9 Å². The number of aromatic nitrogens is 2. The van der Waals surface area contributed by atoms with Crippen LogP contribution in [0.15, 0.2) is 17.9 Å². The third-order valence-electron chi connectivity index (χ3n) is 3.65. The summed E-state index contributed by atoms with van der Waals surface area (Å²) in [6, 6.07) is 0. The van der Waals surface area contributed by atoms with Crippen molar-refractivity contribution in [3.8, 4) is 9.88 Å². The van der Waals surface area contributed by atoms with Crippen molar-refractivity contribution in [2.45, 2.75) is 38.9 Å². The van der Waals surface area contributed by atoms with Crippen LogP contribution in [0.25, 0.3) is 9.88 Å². The van der Waals surface area contributed by atoms with Crippen LogP contribution in [0.1, 0.15) is 27.7 Å². The molecule has 0 aliphatic carbocycles. The van der Waals surface area contributed by atoms with Crippen molar-refractivity contribution in [2.75, 3.05) is 0 Å². The Hall–Kier alpha value is -0.755. The van der Waals surface area contributed by atoms with Gasteiger partial charge in [-0.2, -0.15) is 0 Å². The smallest absolute Gasteiger partial charge is 0.399 e. The monoisotopic (exact) mass is 294 g/mol. The molecule has 4 nitrogen and oxygen atoms in total. The fourth-order valence-electron chi connectivity index (χ4n) is 1.79. The largest absolute Gasteiger partial charge is 0.507 e. The van der Waals surface area contributed by atoms with E-state index in [0.29, 0.717) is 0 Å². The van der Waals surface area contributed by atoms with Crippen molar-refractivity contribution in [1.82, 2.24) is 9.97 Å². The summed E-state index contributed by atoms with van der Waals surface area (Å²) in [4.78, 5) is 9.58. The highest BCUT2D eigenvalue weighted by molar-refractivity contribution is 7.27. The van der Waals surface area contributed by atoms with Gasteiger partial charge in [-0.15, -0.1) is 22.7 Å². The summed E-state index contributed by atoms with van der Waals surface area (Å²) in [7, 11) is -0.329. The zero-order valence-electron chi connectivity index (χ0n) is 11.3. The minimum atomic E-state index is -0.329. The van der Waals surface area contributed by atoms with Crippen molar-refractivity contribution in [2.24, 2.45) is 0 Å². The molecule has 2 aromatic heterocycles. The second-order valence-corrected chi connectivity index (χ2v) is 7.47. The molecule has 19 heavy (non-hydrogen) atoms. The third-order valence-corrected chi connectivity index (χ3v) is 5.61. The molecular weight excluding hydrogens is 279 g/mol. The zero-order chi connectivity index (χ0) is 13.7. The molecule has 0 amide bonds. The lowest BCUT2D eigenvalue weighted by atomic mass is 9.89. The van der Waals surface area contributed by atoms with Gasteiger partial charge >= 0.3 is 7.12 Å². The molecule has 100 valence electrons. The van der Waals surface area contributed by atoms with Crippen LogP contribution in [0.3, 0.4) is 0 Å². The normalized spacial score (nSPS) is 20.9. The van der Waals surface area contributed by atoms with Crippen LogP contribution in [0.4, 0.5) is 0 Å². The third kappa shape index (κ3) is 2.25. The van der Waals surface area contributed by atoms with E-state index in [0.717, 1.165) is 14.7 Å². The van der Waals surface area contributed by atoms with Crippen LogP contribution in [0.2, 0.25) is 0 Å². The first kappa shape index (κ1) is 13.2. The van der Waals surface area contributed by atoms with Crippen molar-refractivity contribution in [1.29, 1.82) is 0 Å². The number of nitrogens with zero attached hydrogens (tertiary/aromatic N) is 2. The van der Waals surface area contributed by atoms with E-state index in [4.69, 9.17) is 9.31 Å². The Balaban J connectivity index is 1.85. The molecular formula is C12H15BN2O2S2. The predicted molar refractivity (Wildman–Crippen MR) is 78.9 cm³/mol. The second kappa shape index (κ2) is 4.38. The van der Waals surface area contributed by atoms with E-state index in [-0.39, 0.29) is 18.3 Å². The zero-order valence-corrected chi connectivity index (χ0v) is 13.0. The molecule has 0 aromatic carbocycles. The molecule has 3 rings (SSSR count). The van der Waals surface area contributed by atoms with Crippen LogP contribution < -0.4 is 4.78 Å². The van der Waals surface area contributed by atoms with Gasteiger partial charge in [-0.3, -0.25) is 4.98 Å². The van der Waals surface area contributed by atoms with Crippen molar-refractivity contribution in [3.05, 3.63) is 17.9 Å². The van der Waals surface area contributed by atoms with Gasteiger partial charge in [0.05, 0.1) is 26.4 Å². The van der Waals surface area contributed by atoms with Crippen LogP contribution in [-0.2, 0) is 9.31 Å². The summed E-state index contributed by atoms with van der Waals surface area (Å²) in [6.45, 7) is 8.21. The van der Waals surface area contributed by atoms with Crippen LogP contribution in [0.5, 0.6) is 0 Å². The lowest BCUT2D eigenvalue weighted by Gasteiger charge is -2.32. The van der Waals surface area contributed by atoms with Crippen molar-refractivity contribution in [3.63, 3.8) is 0 Å². The fourth-order valence-corrected chi connectivity index (χ4v) is 3.35. The summed E-state index contributed by atoms with van der Waals surface area (Å²) in [6.07, 6.45) is 3.67. The summed E-state index contributed by atoms with van der Waals surface area (Å²) in [5.41, 5.74) is 1.18. The van der Waals surface area contributed by atoms with Gasteiger partial charge in [0, 0.05) is 12.4 Å². The first-order chi connectivity index (χ1) is 8.89. The molecule has 0 radical (unpaired) electrons. The quantitative estimate of drug-likeness (QED) is 0.799. The maximum absolute atomic E-state index is 6.02. The summed E-state index contributed by atoms with van der Waals surface area (Å²) in [5.74, 6) is 0. The maximum atomic E-state index is 6.02. The Labute approximate surface area is 121 Å². The Kier molecular flexibility index (Phi) is 3.05. The molecule has 3 heterocycles. The molecule has 0 saturated carbocycles. The minimum absolute atomic E-state index is 0.313. The molecule has 0 bridgehead atoms. The lowest BCUT2D eigenvalue weighted by Crippen LogP contribution is -2.41. The van der Waals surface area contributed by atoms with Crippen molar-refractivity contribution >= 4 is 34.6 Å². The number of thiazole rings is 2. The number of hydrogen-bond acceptors (Lipinski definition) is 6. The van der Waals surface area contributed by atoms with E-state index in [9.17, 15) is 0 Å². The van der Waals surface area contributed by atoms with Gasteiger partial charge in [0.2, 0.25) is 0 Å². The minimum Gasteiger partial charge on any atom is -0.399 e. The highest BCUT2D eigenvalue weighted by atomic mass is 32.1. The van der Waals surface area contributed by atoms with Gasteiger partial charge in [-0.25, -0.2) is 4.98 Å². The number of rotatable bonds is 2. The Morgan fingerprint density at radius 1 is 1.11 bits per heavy atom. The standard InChI is InChI=1S/C12H15BN2O2S2/c1-11(2)12(3,4)17-13(16-11)9-6-15-10(19-9)8-5-14-7-18-8/h5-7H,1-4H3. The summed E-state index contributed by atoms with van der Waals surface area (Å²) >= 11 is 3.19. The Morgan fingerprint density at radius 3 is 2.37 bits per heavy atom. The first-order valence-electron chi connectivity index (χ1n) is 6.09. The SMILES string of the molecule is CC1(C)OB(c2cnc(-c3cncs3)s2)OC1(C)C. The average Bonchev–Trinajstić information content (AvgIpc) is 3.00. The summed E-state index contributed by atoms with van der Waals surface area (Å²) in [5, 5.41) is 0.965. The van der Waals surface area contributed by atoms with Gasteiger partial charge in [0.25, 0.3) is 0 Å². The van der Waals surface area contributed by atoms with E-state index in [1.54, 1.807) is 22.7 Å². The molecule has 1 aliphatic rings. The molecule has 0 spiro atoms. The lowest BCUT2D eigenvalue weighted by molar-refractivity contribution is 0.00578. The predicted octanol–water partition coefficient (Wildman–Crippen LogP) is 2.57. The summed E-state index contributed by atoms with van der Waals surface area (Å²) < 4.78 is 13.0.